The third-order valence-corrected chi connectivity index (χ3v) is 9.60. The molecule has 0 aromatic heterocycles. The van der Waals surface area contributed by atoms with Gasteiger partial charge in [-0.2, -0.15) is 0 Å². The third kappa shape index (κ3) is 22.8. The van der Waals surface area contributed by atoms with Crippen molar-refractivity contribution >= 4 is 0 Å². The van der Waals surface area contributed by atoms with Crippen molar-refractivity contribution in [2.75, 3.05) is 0 Å². The Kier molecular flexibility index (Phi) is 25.0. The first-order valence-electron chi connectivity index (χ1n) is 17.7. The highest BCUT2D eigenvalue weighted by molar-refractivity contribution is 4.83. The van der Waals surface area contributed by atoms with Gasteiger partial charge in [-0.25, -0.2) is 0 Å². The monoisotopic (exact) mass is 537 g/mol. The standard InChI is InChI=1S/C29H58.C5H12.C4H10/c1-8-10-11-12-15-19-25-21-22-27(24-25)26(18-9-2)20-16-13-14-17-23-29(6,7)28(3,4)5;1-4-5(2)3;1-4(2)3/h25-27H,8-24H2,1-7H3;5H,4H2,1-3H3;4H,1-3H3. The molecule has 0 saturated heterocycles. The van der Waals surface area contributed by atoms with Crippen molar-refractivity contribution in [3.8, 4) is 0 Å². The molecule has 1 saturated carbocycles. The highest BCUT2D eigenvalue weighted by Gasteiger charge is 2.32. The van der Waals surface area contributed by atoms with Crippen molar-refractivity contribution in [3.63, 3.8) is 0 Å². The first-order chi connectivity index (χ1) is 17.7. The Labute approximate surface area is 245 Å². The fourth-order valence-electron chi connectivity index (χ4n) is 5.53. The Hall–Kier alpha value is 0. The second-order valence-electron chi connectivity index (χ2n) is 15.8. The van der Waals surface area contributed by atoms with E-state index in [4.69, 9.17) is 0 Å². The van der Waals surface area contributed by atoms with Crippen LogP contribution in [-0.2, 0) is 0 Å². The van der Waals surface area contributed by atoms with Gasteiger partial charge in [-0.3, -0.25) is 0 Å². The number of hydrogen-bond donors (Lipinski definition) is 0. The zero-order valence-electron chi connectivity index (χ0n) is 29.6. The molecule has 1 aliphatic rings. The summed E-state index contributed by atoms with van der Waals surface area (Å²) in [5, 5.41) is 0. The number of hydrogen-bond acceptors (Lipinski definition) is 0. The molecule has 0 aromatic carbocycles. The van der Waals surface area contributed by atoms with Crippen LogP contribution in [0, 0.1) is 40.4 Å². The molecule has 0 aliphatic heterocycles. The molecule has 0 aromatic rings. The summed E-state index contributed by atoms with van der Waals surface area (Å²) in [4.78, 5) is 0. The first-order valence-corrected chi connectivity index (χ1v) is 17.7. The van der Waals surface area contributed by atoms with Crippen molar-refractivity contribution < 1.29 is 0 Å². The largest absolute Gasteiger partial charge is 0.0654 e. The smallest absolute Gasteiger partial charge is 0.0306 e. The molecule has 0 N–H and O–H groups in total. The summed E-state index contributed by atoms with van der Waals surface area (Å²) in [6, 6.07) is 0. The summed E-state index contributed by atoms with van der Waals surface area (Å²) in [5.41, 5.74) is 0.890. The lowest BCUT2D eigenvalue weighted by Crippen LogP contribution is -2.29. The second kappa shape index (κ2) is 23.7. The van der Waals surface area contributed by atoms with Gasteiger partial charge in [0, 0.05) is 0 Å². The topological polar surface area (TPSA) is 0 Å². The van der Waals surface area contributed by atoms with Crippen LogP contribution in [0.4, 0.5) is 0 Å². The Morgan fingerprint density at radius 2 is 1.16 bits per heavy atom. The van der Waals surface area contributed by atoms with E-state index in [1.807, 2.05) is 0 Å². The van der Waals surface area contributed by atoms with Crippen LogP contribution in [0.15, 0.2) is 0 Å². The molecule has 1 rings (SSSR count). The highest BCUT2D eigenvalue weighted by Crippen LogP contribution is 2.43. The Morgan fingerprint density at radius 3 is 1.66 bits per heavy atom. The summed E-state index contributed by atoms with van der Waals surface area (Å²) in [6.45, 7) is 30.0. The van der Waals surface area contributed by atoms with Gasteiger partial charge in [0.2, 0.25) is 0 Å². The zero-order valence-corrected chi connectivity index (χ0v) is 29.6. The average Bonchev–Trinajstić information content (AvgIpc) is 3.28. The molecule has 0 heterocycles. The maximum Gasteiger partial charge on any atom is -0.0306 e. The lowest BCUT2D eigenvalue weighted by molar-refractivity contribution is 0.115. The van der Waals surface area contributed by atoms with Gasteiger partial charge in [-0.05, 0) is 59.7 Å². The van der Waals surface area contributed by atoms with E-state index < -0.39 is 0 Å². The molecule has 38 heavy (non-hydrogen) atoms. The van der Waals surface area contributed by atoms with E-state index in [0.717, 1.165) is 29.6 Å². The highest BCUT2D eigenvalue weighted by atomic mass is 14.4. The molecular formula is C38H80. The predicted molar refractivity (Wildman–Crippen MR) is 179 cm³/mol. The average molecular weight is 537 g/mol. The first kappa shape index (κ1) is 40.1. The van der Waals surface area contributed by atoms with E-state index in [9.17, 15) is 0 Å². The van der Waals surface area contributed by atoms with Crippen molar-refractivity contribution in [1.29, 1.82) is 0 Å². The van der Waals surface area contributed by atoms with Gasteiger partial charge in [0.1, 0.15) is 0 Å². The Balaban J connectivity index is 0. The van der Waals surface area contributed by atoms with Crippen LogP contribution < -0.4 is 0 Å². The van der Waals surface area contributed by atoms with Crippen LogP contribution in [0.5, 0.6) is 0 Å². The fraction of sp³-hybridized carbons (Fsp3) is 1.00. The summed E-state index contributed by atoms with van der Waals surface area (Å²) >= 11 is 0. The Morgan fingerprint density at radius 1 is 0.632 bits per heavy atom. The molecule has 1 aliphatic carbocycles. The summed E-state index contributed by atoms with van der Waals surface area (Å²) in [7, 11) is 0. The molecule has 0 amide bonds. The number of unbranched alkanes of at least 4 members (excludes halogenated alkanes) is 7. The predicted octanol–water partition coefficient (Wildman–Crippen LogP) is 14.3. The molecule has 0 nitrogen and oxygen atoms in total. The fourth-order valence-corrected chi connectivity index (χ4v) is 5.53. The lowest BCUT2D eigenvalue weighted by Gasteiger charge is -2.39. The Bertz CT molecular complexity index is 474. The van der Waals surface area contributed by atoms with Crippen molar-refractivity contribution in [1.82, 2.24) is 0 Å². The van der Waals surface area contributed by atoms with Crippen LogP contribution in [0.1, 0.15) is 206 Å². The molecule has 3 atom stereocenters. The van der Waals surface area contributed by atoms with Gasteiger partial charge in [0.05, 0.1) is 0 Å². The minimum atomic E-state index is 0.425. The maximum atomic E-state index is 2.46. The molecule has 0 spiro atoms. The van der Waals surface area contributed by atoms with Crippen LogP contribution in [0.2, 0.25) is 0 Å². The van der Waals surface area contributed by atoms with Crippen molar-refractivity contribution in [3.05, 3.63) is 0 Å². The minimum absolute atomic E-state index is 0.425. The van der Waals surface area contributed by atoms with Crippen molar-refractivity contribution in [2.24, 2.45) is 40.4 Å². The van der Waals surface area contributed by atoms with Gasteiger partial charge in [0.15, 0.2) is 0 Å². The van der Waals surface area contributed by atoms with E-state index >= 15 is 0 Å². The van der Waals surface area contributed by atoms with E-state index in [1.54, 1.807) is 19.3 Å². The molecule has 232 valence electrons. The van der Waals surface area contributed by atoms with E-state index in [0.29, 0.717) is 10.8 Å². The van der Waals surface area contributed by atoms with E-state index in [1.165, 1.54) is 96.3 Å². The molecule has 0 radical (unpaired) electrons. The molecule has 1 fully saturated rings. The summed E-state index contributed by atoms with van der Waals surface area (Å²) < 4.78 is 0. The quantitative estimate of drug-likeness (QED) is 0.162. The second-order valence-corrected chi connectivity index (χ2v) is 15.8. The molecule has 3 unspecified atom stereocenters. The molecular weight excluding hydrogens is 456 g/mol. The van der Waals surface area contributed by atoms with Gasteiger partial charge >= 0.3 is 0 Å². The van der Waals surface area contributed by atoms with E-state index in [2.05, 4.69) is 90.0 Å². The van der Waals surface area contributed by atoms with Crippen molar-refractivity contribution in [2.45, 2.75) is 206 Å². The van der Waals surface area contributed by atoms with Crippen LogP contribution >= 0.6 is 0 Å². The van der Waals surface area contributed by atoms with Crippen LogP contribution in [0.3, 0.4) is 0 Å². The van der Waals surface area contributed by atoms with Crippen LogP contribution in [0.25, 0.3) is 0 Å². The third-order valence-electron chi connectivity index (χ3n) is 9.60. The SMILES string of the molecule is CC(C)C.CCC(C)C.CCCCCCCC1CCC(C(CCC)CCCCCCC(C)(C)C(C)(C)C)C1. The van der Waals surface area contributed by atoms with Gasteiger partial charge < -0.3 is 0 Å². The lowest BCUT2D eigenvalue weighted by atomic mass is 9.67. The molecule has 0 bridgehead atoms. The summed E-state index contributed by atoms with van der Waals surface area (Å²) in [6.07, 6.45) is 26.4. The zero-order chi connectivity index (χ0) is 29.6. The number of rotatable bonds is 17. The molecule has 0 heteroatoms. The van der Waals surface area contributed by atoms with Gasteiger partial charge in [0.25, 0.3) is 0 Å². The maximum absolute atomic E-state index is 2.46. The summed E-state index contributed by atoms with van der Waals surface area (Å²) in [5.74, 6) is 4.89. The van der Waals surface area contributed by atoms with E-state index in [-0.39, 0.29) is 0 Å². The van der Waals surface area contributed by atoms with Gasteiger partial charge in [-0.1, -0.05) is 186 Å². The van der Waals surface area contributed by atoms with Crippen LogP contribution in [-0.4, -0.2) is 0 Å². The normalized spacial score (nSPS) is 18.7. The minimum Gasteiger partial charge on any atom is -0.0654 e. The van der Waals surface area contributed by atoms with Gasteiger partial charge in [-0.15, -0.1) is 0 Å².